The number of carbonyl (C=O) groups excluding carboxylic acids is 1. The summed E-state index contributed by atoms with van der Waals surface area (Å²) >= 11 is 0. The standard InChI is InChI=1S/C16H22N2O4/c1-2-10-22-13-4-3-8-18(9-6-13)15(19)12-5-7-17-14(11-12)16(20)21/h5,7,11,13H,2-4,6,8-10H2,1H3,(H,20,21). The number of carboxylic acids is 1. The lowest BCUT2D eigenvalue weighted by molar-refractivity contribution is 0.0432. The molecular weight excluding hydrogens is 284 g/mol. The second-order valence-corrected chi connectivity index (χ2v) is 5.45. The van der Waals surface area contributed by atoms with E-state index in [0.717, 1.165) is 32.3 Å². The Morgan fingerprint density at radius 1 is 1.41 bits per heavy atom. The molecule has 120 valence electrons. The molecular formula is C16H22N2O4. The number of aromatic carboxylic acids is 1. The van der Waals surface area contributed by atoms with Crippen LogP contribution >= 0.6 is 0 Å². The molecule has 1 fully saturated rings. The molecule has 0 saturated carbocycles. The number of pyridine rings is 1. The molecule has 0 spiro atoms. The Morgan fingerprint density at radius 2 is 2.23 bits per heavy atom. The summed E-state index contributed by atoms with van der Waals surface area (Å²) in [7, 11) is 0. The smallest absolute Gasteiger partial charge is 0.354 e. The molecule has 1 aliphatic heterocycles. The van der Waals surface area contributed by atoms with Crippen LogP contribution in [-0.4, -0.2) is 52.7 Å². The van der Waals surface area contributed by atoms with Gasteiger partial charge < -0.3 is 14.7 Å². The van der Waals surface area contributed by atoms with Crippen molar-refractivity contribution < 1.29 is 19.4 Å². The third kappa shape index (κ3) is 4.27. The first kappa shape index (κ1) is 16.4. The number of nitrogens with zero attached hydrogens (tertiary/aromatic N) is 2. The second-order valence-electron chi connectivity index (χ2n) is 5.45. The average molecular weight is 306 g/mol. The summed E-state index contributed by atoms with van der Waals surface area (Å²) < 4.78 is 5.77. The van der Waals surface area contributed by atoms with Crippen LogP contribution in [0.5, 0.6) is 0 Å². The van der Waals surface area contributed by atoms with E-state index in [1.54, 1.807) is 11.0 Å². The van der Waals surface area contributed by atoms with Crippen LogP contribution in [0, 0.1) is 0 Å². The first-order valence-electron chi connectivity index (χ1n) is 7.72. The predicted molar refractivity (Wildman–Crippen MR) is 81.0 cm³/mol. The highest BCUT2D eigenvalue weighted by Crippen LogP contribution is 2.17. The van der Waals surface area contributed by atoms with E-state index in [1.807, 2.05) is 0 Å². The van der Waals surface area contributed by atoms with E-state index in [-0.39, 0.29) is 17.7 Å². The Balaban J connectivity index is 2.00. The van der Waals surface area contributed by atoms with Gasteiger partial charge in [0.25, 0.3) is 5.91 Å². The van der Waals surface area contributed by atoms with Gasteiger partial charge in [0.15, 0.2) is 0 Å². The zero-order chi connectivity index (χ0) is 15.9. The van der Waals surface area contributed by atoms with E-state index in [2.05, 4.69) is 11.9 Å². The van der Waals surface area contributed by atoms with Crippen LogP contribution < -0.4 is 0 Å². The molecule has 0 bridgehead atoms. The summed E-state index contributed by atoms with van der Waals surface area (Å²) in [6.07, 6.45) is 5.25. The highest BCUT2D eigenvalue weighted by molar-refractivity contribution is 5.96. The van der Waals surface area contributed by atoms with Gasteiger partial charge in [-0.05, 0) is 37.8 Å². The van der Waals surface area contributed by atoms with Crippen molar-refractivity contribution in [3.63, 3.8) is 0 Å². The Hall–Kier alpha value is -1.95. The van der Waals surface area contributed by atoms with Crippen LogP contribution in [0.1, 0.15) is 53.5 Å². The molecule has 6 nitrogen and oxygen atoms in total. The van der Waals surface area contributed by atoms with Gasteiger partial charge in [-0.15, -0.1) is 0 Å². The zero-order valence-corrected chi connectivity index (χ0v) is 12.8. The average Bonchev–Trinajstić information content (AvgIpc) is 2.78. The van der Waals surface area contributed by atoms with Crippen molar-refractivity contribution in [1.29, 1.82) is 0 Å². The predicted octanol–water partition coefficient (Wildman–Crippen LogP) is 2.20. The van der Waals surface area contributed by atoms with Gasteiger partial charge in [0, 0.05) is 31.5 Å². The lowest BCUT2D eigenvalue weighted by Gasteiger charge is -2.21. The fourth-order valence-electron chi connectivity index (χ4n) is 2.58. The number of amides is 1. The number of ether oxygens (including phenoxy) is 1. The van der Waals surface area contributed by atoms with E-state index >= 15 is 0 Å². The van der Waals surface area contributed by atoms with Crippen molar-refractivity contribution in [3.8, 4) is 0 Å². The van der Waals surface area contributed by atoms with E-state index in [9.17, 15) is 9.59 Å². The number of carboxylic acid groups (broad SMARTS) is 1. The first-order valence-corrected chi connectivity index (χ1v) is 7.72. The van der Waals surface area contributed by atoms with Gasteiger partial charge in [-0.2, -0.15) is 0 Å². The fourth-order valence-corrected chi connectivity index (χ4v) is 2.58. The minimum atomic E-state index is -1.13. The molecule has 2 heterocycles. The van der Waals surface area contributed by atoms with Crippen LogP contribution in [0.4, 0.5) is 0 Å². The highest BCUT2D eigenvalue weighted by atomic mass is 16.5. The van der Waals surface area contributed by atoms with Gasteiger partial charge in [-0.25, -0.2) is 9.78 Å². The topological polar surface area (TPSA) is 79.7 Å². The van der Waals surface area contributed by atoms with Crippen molar-refractivity contribution in [2.75, 3.05) is 19.7 Å². The second kappa shape index (κ2) is 7.89. The molecule has 1 saturated heterocycles. The third-order valence-corrected chi connectivity index (χ3v) is 3.75. The van der Waals surface area contributed by atoms with Crippen LogP contribution in [0.3, 0.4) is 0 Å². The number of aromatic nitrogens is 1. The van der Waals surface area contributed by atoms with E-state index in [0.29, 0.717) is 18.7 Å². The van der Waals surface area contributed by atoms with E-state index in [4.69, 9.17) is 9.84 Å². The summed E-state index contributed by atoms with van der Waals surface area (Å²) in [5.41, 5.74) is 0.269. The van der Waals surface area contributed by atoms with Crippen molar-refractivity contribution in [2.45, 2.75) is 38.7 Å². The van der Waals surface area contributed by atoms with Crippen molar-refractivity contribution in [2.24, 2.45) is 0 Å². The number of hydrogen-bond acceptors (Lipinski definition) is 4. The number of hydrogen-bond donors (Lipinski definition) is 1. The fraction of sp³-hybridized carbons (Fsp3) is 0.562. The number of likely N-dealkylation sites (tertiary alicyclic amines) is 1. The maximum Gasteiger partial charge on any atom is 0.354 e. The molecule has 0 radical (unpaired) electrons. The van der Waals surface area contributed by atoms with Crippen LogP contribution in [0.25, 0.3) is 0 Å². The molecule has 1 aromatic heterocycles. The number of carbonyl (C=O) groups is 2. The first-order chi connectivity index (χ1) is 10.6. The lowest BCUT2D eigenvalue weighted by Crippen LogP contribution is -2.32. The van der Waals surface area contributed by atoms with Crippen molar-refractivity contribution in [1.82, 2.24) is 9.88 Å². The highest BCUT2D eigenvalue weighted by Gasteiger charge is 2.22. The molecule has 2 rings (SSSR count). The molecule has 1 N–H and O–H groups in total. The van der Waals surface area contributed by atoms with Crippen LogP contribution in [0.15, 0.2) is 18.3 Å². The molecule has 1 unspecified atom stereocenters. The minimum absolute atomic E-state index is 0.107. The van der Waals surface area contributed by atoms with Crippen LogP contribution in [0.2, 0.25) is 0 Å². The lowest BCUT2D eigenvalue weighted by atomic mass is 10.1. The molecule has 0 aromatic carbocycles. The molecule has 1 aliphatic rings. The SMILES string of the molecule is CCCOC1CCCN(C(=O)c2ccnc(C(=O)O)c2)CC1. The quantitative estimate of drug-likeness (QED) is 0.902. The Labute approximate surface area is 130 Å². The Morgan fingerprint density at radius 3 is 2.95 bits per heavy atom. The molecule has 0 aliphatic carbocycles. The summed E-state index contributed by atoms with van der Waals surface area (Å²) in [4.78, 5) is 29.0. The van der Waals surface area contributed by atoms with Gasteiger partial charge in [0.2, 0.25) is 0 Å². The monoisotopic (exact) mass is 306 g/mol. The normalized spacial score (nSPS) is 18.8. The molecule has 1 aromatic rings. The van der Waals surface area contributed by atoms with Gasteiger partial charge >= 0.3 is 5.97 Å². The van der Waals surface area contributed by atoms with Gasteiger partial charge in [-0.1, -0.05) is 6.92 Å². The van der Waals surface area contributed by atoms with Crippen molar-refractivity contribution in [3.05, 3.63) is 29.6 Å². The summed E-state index contributed by atoms with van der Waals surface area (Å²) in [5.74, 6) is -1.26. The zero-order valence-electron chi connectivity index (χ0n) is 12.8. The number of rotatable bonds is 5. The molecule has 1 atom stereocenters. The third-order valence-electron chi connectivity index (χ3n) is 3.75. The van der Waals surface area contributed by atoms with Crippen LogP contribution in [-0.2, 0) is 4.74 Å². The Bertz CT molecular complexity index is 533. The molecule has 22 heavy (non-hydrogen) atoms. The maximum atomic E-state index is 12.5. The van der Waals surface area contributed by atoms with Gasteiger partial charge in [0.05, 0.1) is 6.10 Å². The van der Waals surface area contributed by atoms with E-state index in [1.165, 1.54) is 12.3 Å². The summed E-state index contributed by atoms with van der Waals surface area (Å²) in [6, 6.07) is 2.89. The summed E-state index contributed by atoms with van der Waals surface area (Å²) in [5, 5.41) is 8.96. The van der Waals surface area contributed by atoms with Gasteiger partial charge in [0.1, 0.15) is 5.69 Å². The Kier molecular flexibility index (Phi) is 5.89. The summed E-state index contributed by atoms with van der Waals surface area (Å²) in [6.45, 7) is 4.15. The van der Waals surface area contributed by atoms with Crippen molar-refractivity contribution >= 4 is 11.9 Å². The van der Waals surface area contributed by atoms with Gasteiger partial charge in [-0.3, -0.25) is 4.79 Å². The largest absolute Gasteiger partial charge is 0.477 e. The molecule has 1 amide bonds. The maximum absolute atomic E-state index is 12.5. The molecule has 6 heteroatoms. The minimum Gasteiger partial charge on any atom is -0.477 e. The van der Waals surface area contributed by atoms with E-state index < -0.39 is 5.97 Å².